The zero-order chi connectivity index (χ0) is 14.4. The predicted octanol–water partition coefficient (Wildman–Crippen LogP) is 1.21. The highest BCUT2D eigenvalue weighted by atomic mass is 16.5. The molecule has 6 nitrogen and oxygen atoms in total. The molecule has 0 aliphatic rings. The lowest BCUT2D eigenvalue weighted by atomic mass is 10.3. The topological polar surface area (TPSA) is 67.7 Å². The molecule has 2 heterocycles. The Morgan fingerprint density at radius 2 is 2.35 bits per heavy atom. The Kier molecular flexibility index (Phi) is 4.95. The van der Waals surface area contributed by atoms with Crippen molar-refractivity contribution in [2.45, 2.75) is 19.4 Å². The Morgan fingerprint density at radius 3 is 3.10 bits per heavy atom. The SMILES string of the molecule is COCC(C)NC(=O)NCCc1cn2ccccc2n1. The molecule has 1 atom stereocenters. The van der Waals surface area contributed by atoms with E-state index in [9.17, 15) is 4.79 Å². The van der Waals surface area contributed by atoms with E-state index in [4.69, 9.17) is 4.74 Å². The van der Waals surface area contributed by atoms with E-state index >= 15 is 0 Å². The number of urea groups is 1. The second-order valence-corrected chi connectivity index (χ2v) is 4.70. The number of imidazole rings is 1. The normalized spacial score (nSPS) is 12.3. The summed E-state index contributed by atoms with van der Waals surface area (Å²) in [4.78, 5) is 16.1. The summed E-state index contributed by atoms with van der Waals surface area (Å²) in [5.74, 6) is 0. The fourth-order valence-corrected chi connectivity index (χ4v) is 1.98. The molecule has 2 aromatic heterocycles. The predicted molar refractivity (Wildman–Crippen MR) is 76.8 cm³/mol. The van der Waals surface area contributed by atoms with Crippen molar-refractivity contribution >= 4 is 11.7 Å². The van der Waals surface area contributed by atoms with Crippen LogP contribution < -0.4 is 10.6 Å². The molecule has 2 aromatic rings. The minimum atomic E-state index is -0.182. The molecule has 0 aliphatic carbocycles. The fourth-order valence-electron chi connectivity index (χ4n) is 1.98. The molecule has 2 amide bonds. The third-order valence-electron chi connectivity index (χ3n) is 2.87. The van der Waals surface area contributed by atoms with E-state index < -0.39 is 0 Å². The molecule has 0 radical (unpaired) electrons. The highest BCUT2D eigenvalue weighted by molar-refractivity contribution is 5.74. The van der Waals surface area contributed by atoms with Crippen LogP contribution >= 0.6 is 0 Å². The van der Waals surface area contributed by atoms with E-state index in [1.165, 1.54) is 0 Å². The third-order valence-corrected chi connectivity index (χ3v) is 2.87. The summed E-state index contributed by atoms with van der Waals surface area (Å²) in [5, 5.41) is 5.60. The number of carbonyl (C=O) groups excluding carboxylic acids is 1. The maximum absolute atomic E-state index is 11.6. The fraction of sp³-hybridized carbons (Fsp3) is 0.429. The van der Waals surface area contributed by atoms with Crippen molar-refractivity contribution in [2.24, 2.45) is 0 Å². The average molecular weight is 276 g/mol. The maximum atomic E-state index is 11.6. The quantitative estimate of drug-likeness (QED) is 0.833. The number of amides is 2. The lowest BCUT2D eigenvalue weighted by Crippen LogP contribution is -2.43. The van der Waals surface area contributed by atoms with Gasteiger partial charge in [-0.25, -0.2) is 9.78 Å². The smallest absolute Gasteiger partial charge is 0.315 e. The van der Waals surface area contributed by atoms with Crippen molar-refractivity contribution in [1.82, 2.24) is 20.0 Å². The number of hydrogen-bond acceptors (Lipinski definition) is 3. The molecular formula is C14H20N4O2. The Bertz CT molecular complexity index is 534. The second kappa shape index (κ2) is 6.91. The van der Waals surface area contributed by atoms with Crippen LogP contribution in [0.25, 0.3) is 5.65 Å². The van der Waals surface area contributed by atoms with Gasteiger partial charge in [-0.2, -0.15) is 0 Å². The first-order chi connectivity index (χ1) is 9.69. The number of pyridine rings is 1. The molecule has 6 heteroatoms. The van der Waals surface area contributed by atoms with E-state index in [2.05, 4.69) is 15.6 Å². The van der Waals surface area contributed by atoms with Gasteiger partial charge >= 0.3 is 6.03 Å². The van der Waals surface area contributed by atoms with Crippen LogP contribution in [0.4, 0.5) is 4.79 Å². The van der Waals surface area contributed by atoms with Crippen LogP contribution in [0, 0.1) is 0 Å². The largest absolute Gasteiger partial charge is 0.383 e. The van der Waals surface area contributed by atoms with E-state index in [1.54, 1.807) is 7.11 Å². The Balaban J connectivity index is 1.76. The maximum Gasteiger partial charge on any atom is 0.315 e. The van der Waals surface area contributed by atoms with Crippen LogP contribution in [-0.2, 0) is 11.2 Å². The number of carbonyl (C=O) groups is 1. The summed E-state index contributed by atoms with van der Waals surface area (Å²) < 4.78 is 6.93. The number of nitrogens with zero attached hydrogens (tertiary/aromatic N) is 2. The summed E-state index contributed by atoms with van der Waals surface area (Å²) in [6.07, 6.45) is 4.63. The van der Waals surface area contributed by atoms with Gasteiger partial charge in [0.15, 0.2) is 0 Å². The first-order valence-electron chi connectivity index (χ1n) is 6.65. The number of hydrogen-bond donors (Lipinski definition) is 2. The molecule has 0 bridgehead atoms. The molecule has 20 heavy (non-hydrogen) atoms. The monoisotopic (exact) mass is 276 g/mol. The van der Waals surface area contributed by atoms with Crippen molar-refractivity contribution in [3.05, 3.63) is 36.3 Å². The molecule has 0 saturated heterocycles. The first kappa shape index (κ1) is 14.3. The highest BCUT2D eigenvalue weighted by Gasteiger charge is 2.06. The van der Waals surface area contributed by atoms with Crippen molar-refractivity contribution in [2.75, 3.05) is 20.3 Å². The van der Waals surface area contributed by atoms with Crippen LogP contribution in [0.5, 0.6) is 0 Å². The zero-order valence-corrected chi connectivity index (χ0v) is 11.8. The van der Waals surface area contributed by atoms with Crippen molar-refractivity contribution < 1.29 is 9.53 Å². The van der Waals surface area contributed by atoms with Crippen molar-refractivity contribution in [1.29, 1.82) is 0 Å². The summed E-state index contributed by atoms with van der Waals surface area (Å²) in [6, 6.07) is 5.68. The summed E-state index contributed by atoms with van der Waals surface area (Å²) in [5.41, 5.74) is 1.88. The zero-order valence-electron chi connectivity index (χ0n) is 11.8. The van der Waals surface area contributed by atoms with Gasteiger partial charge in [0.1, 0.15) is 5.65 Å². The molecule has 0 spiro atoms. The number of rotatable bonds is 6. The molecular weight excluding hydrogens is 256 g/mol. The van der Waals surface area contributed by atoms with Gasteiger partial charge in [0.2, 0.25) is 0 Å². The van der Waals surface area contributed by atoms with E-state index in [0.29, 0.717) is 19.6 Å². The second-order valence-electron chi connectivity index (χ2n) is 4.70. The van der Waals surface area contributed by atoms with Gasteiger partial charge in [-0.1, -0.05) is 6.07 Å². The molecule has 1 unspecified atom stereocenters. The summed E-state index contributed by atoms with van der Waals surface area (Å²) in [6.45, 7) is 2.94. The molecule has 2 rings (SSSR count). The van der Waals surface area contributed by atoms with Gasteiger partial charge in [-0.3, -0.25) is 0 Å². The van der Waals surface area contributed by atoms with E-state index in [1.807, 2.05) is 41.9 Å². The lowest BCUT2D eigenvalue weighted by Gasteiger charge is -2.13. The van der Waals surface area contributed by atoms with E-state index in [-0.39, 0.29) is 12.1 Å². The third kappa shape index (κ3) is 3.96. The molecule has 0 aliphatic heterocycles. The van der Waals surface area contributed by atoms with Crippen LogP contribution in [0.15, 0.2) is 30.6 Å². The van der Waals surface area contributed by atoms with Crippen LogP contribution in [0.2, 0.25) is 0 Å². The van der Waals surface area contributed by atoms with E-state index in [0.717, 1.165) is 11.3 Å². The summed E-state index contributed by atoms with van der Waals surface area (Å²) in [7, 11) is 1.61. The van der Waals surface area contributed by atoms with Crippen LogP contribution in [-0.4, -0.2) is 41.7 Å². The average Bonchev–Trinajstić information content (AvgIpc) is 2.81. The molecule has 0 saturated carbocycles. The Morgan fingerprint density at radius 1 is 1.50 bits per heavy atom. The molecule has 0 aromatic carbocycles. The number of methoxy groups -OCH3 is 1. The van der Waals surface area contributed by atoms with Gasteiger partial charge in [0.05, 0.1) is 18.3 Å². The van der Waals surface area contributed by atoms with Gasteiger partial charge in [-0.15, -0.1) is 0 Å². The van der Waals surface area contributed by atoms with Gasteiger partial charge in [0, 0.05) is 32.5 Å². The Hall–Kier alpha value is -2.08. The molecule has 0 fully saturated rings. The van der Waals surface area contributed by atoms with Crippen molar-refractivity contribution in [3.8, 4) is 0 Å². The minimum absolute atomic E-state index is 0.00445. The molecule has 2 N–H and O–H groups in total. The highest BCUT2D eigenvalue weighted by Crippen LogP contribution is 2.04. The van der Waals surface area contributed by atoms with Crippen LogP contribution in [0.3, 0.4) is 0 Å². The van der Waals surface area contributed by atoms with Gasteiger partial charge in [0.25, 0.3) is 0 Å². The molecule has 108 valence electrons. The van der Waals surface area contributed by atoms with Gasteiger partial charge in [-0.05, 0) is 19.1 Å². The first-order valence-corrected chi connectivity index (χ1v) is 6.65. The van der Waals surface area contributed by atoms with Gasteiger partial charge < -0.3 is 19.8 Å². The Labute approximate surface area is 118 Å². The lowest BCUT2D eigenvalue weighted by molar-refractivity contribution is 0.171. The summed E-state index contributed by atoms with van der Waals surface area (Å²) >= 11 is 0. The number of ether oxygens (including phenoxy) is 1. The number of aromatic nitrogens is 2. The number of nitrogens with one attached hydrogen (secondary N) is 2. The van der Waals surface area contributed by atoms with Crippen LogP contribution in [0.1, 0.15) is 12.6 Å². The minimum Gasteiger partial charge on any atom is -0.383 e. The standard InChI is InChI=1S/C14H20N4O2/c1-11(10-20-2)16-14(19)15-7-6-12-9-18-8-4-3-5-13(18)17-12/h3-5,8-9,11H,6-7,10H2,1-2H3,(H2,15,16,19). The number of fused-ring (bicyclic) bond motifs is 1. The van der Waals surface area contributed by atoms with Crippen molar-refractivity contribution in [3.63, 3.8) is 0 Å².